The van der Waals surface area contributed by atoms with E-state index in [-0.39, 0.29) is 12.0 Å². The topological polar surface area (TPSA) is 58.6 Å². The second-order valence-electron chi connectivity index (χ2n) is 3.68. The van der Waals surface area contributed by atoms with Crippen LogP contribution in [0, 0.1) is 0 Å². The molecule has 1 heterocycles. The number of rotatable bonds is 5. The van der Waals surface area contributed by atoms with Gasteiger partial charge >= 0.3 is 13.1 Å². The first-order chi connectivity index (χ1) is 6.74. The number of carbonyl (C=O) groups excluding carboxylic acids is 1. The van der Waals surface area contributed by atoms with E-state index in [1.807, 2.05) is 6.92 Å². The molecular formula is C9H18BNO3. The van der Waals surface area contributed by atoms with Crippen molar-refractivity contribution in [2.45, 2.75) is 45.0 Å². The van der Waals surface area contributed by atoms with Gasteiger partial charge < -0.3 is 15.0 Å². The van der Waals surface area contributed by atoms with Crippen molar-refractivity contribution >= 4 is 13.1 Å². The lowest BCUT2D eigenvalue weighted by Gasteiger charge is -2.12. The molecule has 0 amide bonds. The molecule has 1 aliphatic rings. The molecule has 0 aromatic rings. The van der Waals surface area contributed by atoms with Crippen molar-refractivity contribution in [1.29, 1.82) is 0 Å². The zero-order valence-electron chi connectivity index (χ0n) is 8.66. The van der Waals surface area contributed by atoms with Crippen LogP contribution < -0.4 is 5.32 Å². The Bertz CT molecular complexity index is 183. The fourth-order valence-electron chi connectivity index (χ4n) is 1.54. The molecule has 0 saturated carbocycles. The molecule has 1 unspecified atom stereocenters. The quantitative estimate of drug-likeness (QED) is 0.635. The summed E-state index contributed by atoms with van der Waals surface area (Å²) in [6.07, 6.45) is 4.24. The van der Waals surface area contributed by atoms with Gasteiger partial charge in [0.25, 0.3) is 0 Å². The maximum atomic E-state index is 11.4. The first-order valence-electron chi connectivity index (χ1n) is 5.36. The average molecular weight is 199 g/mol. The largest absolute Gasteiger partial charge is 0.524 e. The second kappa shape index (κ2) is 6.04. The van der Waals surface area contributed by atoms with Gasteiger partial charge in [-0.1, -0.05) is 19.8 Å². The lowest BCUT2D eigenvalue weighted by atomic mass is 9.83. The van der Waals surface area contributed by atoms with E-state index in [1.54, 1.807) is 0 Å². The monoisotopic (exact) mass is 199 g/mol. The Labute approximate surface area is 85.2 Å². The van der Waals surface area contributed by atoms with Crippen molar-refractivity contribution in [3.63, 3.8) is 0 Å². The summed E-state index contributed by atoms with van der Waals surface area (Å²) < 4.78 is 4.89. The molecule has 14 heavy (non-hydrogen) atoms. The van der Waals surface area contributed by atoms with Gasteiger partial charge in [-0.2, -0.15) is 0 Å². The van der Waals surface area contributed by atoms with E-state index in [0.717, 1.165) is 32.2 Å². The van der Waals surface area contributed by atoms with Crippen LogP contribution in [-0.2, 0) is 9.45 Å². The predicted molar refractivity (Wildman–Crippen MR) is 54.8 cm³/mol. The van der Waals surface area contributed by atoms with Crippen LogP contribution in [0.2, 0.25) is 6.32 Å². The maximum Gasteiger partial charge on any atom is 0.524 e. The van der Waals surface area contributed by atoms with Gasteiger partial charge in [0.1, 0.15) is 6.04 Å². The summed E-state index contributed by atoms with van der Waals surface area (Å²) >= 11 is 0. The van der Waals surface area contributed by atoms with Gasteiger partial charge in [0.2, 0.25) is 0 Å². The van der Waals surface area contributed by atoms with Crippen LogP contribution in [0.15, 0.2) is 0 Å². The van der Waals surface area contributed by atoms with Gasteiger partial charge in [0, 0.05) is 0 Å². The van der Waals surface area contributed by atoms with Crippen LogP contribution in [0.3, 0.4) is 0 Å². The lowest BCUT2D eigenvalue weighted by molar-refractivity contribution is -0.137. The minimum absolute atomic E-state index is 0.203. The normalized spacial score (nSPS) is 20.9. The van der Waals surface area contributed by atoms with Crippen LogP contribution in [-0.4, -0.2) is 30.7 Å². The summed E-state index contributed by atoms with van der Waals surface area (Å²) in [5.41, 5.74) is 0. The van der Waals surface area contributed by atoms with Crippen molar-refractivity contribution < 1.29 is 14.5 Å². The first kappa shape index (κ1) is 11.5. The fourth-order valence-corrected chi connectivity index (χ4v) is 1.54. The van der Waals surface area contributed by atoms with Crippen molar-refractivity contribution in [2.75, 3.05) is 6.54 Å². The molecule has 0 aliphatic carbocycles. The Morgan fingerprint density at radius 2 is 2.50 bits per heavy atom. The Morgan fingerprint density at radius 3 is 3.07 bits per heavy atom. The number of hydrogen-bond acceptors (Lipinski definition) is 4. The molecule has 80 valence electrons. The highest BCUT2D eigenvalue weighted by Crippen LogP contribution is 2.08. The lowest BCUT2D eigenvalue weighted by Crippen LogP contribution is -2.36. The van der Waals surface area contributed by atoms with Crippen LogP contribution in [0.5, 0.6) is 0 Å². The molecule has 1 fully saturated rings. The highest BCUT2D eigenvalue weighted by molar-refractivity contribution is 6.45. The van der Waals surface area contributed by atoms with E-state index >= 15 is 0 Å². The molecule has 0 aromatic heterocycles. The molecule has 5 heteroatoms. The standard InChI is InChI=1S/C9H18BNO3/c1-2-3-6-10(13)14-9(12)8-5-4-7-11-8/h8,11,13H,2-7H2,1H3. The van der Waals surface area contributed by atoms with E-state index in [1.165, 1.54) is 0 Å². The SMILES string of the molecule is CCCCB(O)OC(=O)C1CCCN1. The highest BCUT2D eigenvalue weighted by Gasteiger charge is 2.27. The van der Waals surface area contributed by atoms with Gasteiger partial charge in [0.05, 0.1) is 0 Å². The highest BCUT2D eigenvalue weighted by atomic mass is 16.6. The Morgan fingerprint density at radius 1 is 1.71 bits per heavy atom. The third-order valence-corrected chi connectivity index (χ3v) is 2.40. The van der Waals surface area contributed by atoms with E-state index in [2.05, 4.69) is 5.32 Å². The van der Waals surface area contributed by atoms with Crippen molar-refractivity contribution in [2.24, 2.45) is 0 Å². The van der Waals surface area contributed by atoms with Crippen molar-refractivity contribution in [3.05, 3.63) is 0 Å². The van der Waals surface area contributed by atoms with E-state index in [0.29, 0.717) is 6.32 Å². The van der Waals surface area contributed by atoms with E-state index in [4.69, 9.17) is 4.65 Å². The summed E-state index contributed by atoms with van der Waals surface area (Å²) in [7, 11) is -0.926. The molecule has 0 spiro atoms. The Balaban J connectivity index is 2.18. The van der Waals surface area contributed by atoms with Gasteiger partial charge in [-0.15, -0.1) is 0 Å². The minimum Gasteiger partial charge on any atom is -0.508 e. The van der Waals surface area contributed by atoms with Gasteiger partial charge in [-0.3, -0.25) is 4.79 Å². The molecule has 0 bridgehead atoms. The molecule has 1 saturated heterocycles. The molecule has 0 radical (unpaired) electrons. The smallest absolute Gasteiger partial charge is 0.508 e. The zero-order chi connectivity index (χ0) is 10.4. The molecule has 2 N–H and O–H groups in total. The van der Waals surface area contributed by atoms with Crippen LogP contribution >= 0.6 is 0 Å². The molecule has 1 rings (SSSR count). The number of nitrogens with one attached hydrogen (secondary N) is 1. The van der Waals surface area contributed by atoms with Crippen LogP contribution in [0.4, 0.5) is 0 Å². The zero-order valence-corrected chi connectivity index (χ0v) is 8.66. The Hall–Kier alpha value is -0.545. The molecule has 4 nitrogen and oxygen atoms in total. The molecule has 1 atom stereocenters. The van der Waals surface area contributed by atoms with Gasteiger partial charge in [0.15, 0.2) is 0 Å². The second-order valence-corrected chi connectivity index (χ2v) is 3.68. The third kappa shape index (κ3) is 3.68. The molecular weight excluding hydrogens is 181 g/mol. The van der Waals surface area contributed by atoms with Crippen molar-refractivity contribution in [1.82, 2.24) is 5.32 Å². The van der Waals surface area contributed by atoms with Gasteiger partial charge in [-0.05, 0) is 25.7 Å². The Kier molecular flexibility index (Phi) is 4.97. The van der Waals surface area contributed by atoms with Gasteiger partial charge in [-0.25, -0.2) is 0 Å². The summed E-state index contributed by atoms with van der Waals surface area (Å²) in [5.74, 6) is -0.314. The minimum atomic E-state index is -0.926. The van der Waals surface area contributed by atoms with E-state index < -0.39 is 7.12 Å². The molecule has 0 aromatic carbocycles. The average Bonchev–Trinajstić information content (AvgIpc) is 2.67. The summed E-state index contributed by atoms with van der Waals surface area (Å²) in [6.45, 7) is 2.90. The number of carbonyl (C=O) groups is 1. The first-order valence-corrected chi connectivity index (χ1v) is 5.36. The maximum absolute atomic E-state index is 11.4. The van der Waals surface area contributed by atoms with Crippen molar-refractivity contribution in [3.8, 4) is 0 Å². The predicted octanol–water partition coefficient (Wildman–Crippen LogP) is 0.562. The number of hydrogen-bond donors (Lipinski definition) is 2. The fraction of sp³-hybridized carbons (Fsp3) is 0.889. The number of unbranched alkanes of at least 4 members (excludes halogenated alkanes) is 1. The van der Waals surface area contributed by atoms with Crippen LogP contribution in [0.1, 0.15) is 32.6 Å². The summed E-state index contributed by atoms with van der Waals surface area (Å²) in [5, 5.41) is 12.4. The van der Waals surface area contributed by atoms with Crippen LogP contribution in [0.25, 0.3) is 0 Å². The summed E-state index contributed by atoms with van der Waals surface area (Å²) in [4.78, 5) is 11.4. The summed E-state index contributed by atoms with van der Waals surface area (Å²) in [6, 6.07) is -0.203. The third-order valence-electron chi connectivity index (χ3n) is 2.40. The molecule has 1 aliphatic heterocycles. The van der Waals surface area contributed by atoms with E-state index in [9.17, 15) is 9.82 Å².